The molecule has 1 aliphatic rings. The summed E-state index contributed by atoms with van der Waals surface area (Å²) in [4.78, 5) is 0. The van der Waals surface area contributed by atoms with Crippen LogP contribution in [-0.4, -0.2) is 18.4 Å². The molecule has 0 N–H and O–H groups in total. The second-order valence-electron chi connectivity index (χ2n) is 3.24. The van der Waals surface area contributed by atoms with Crippen LogP contribution in [0.3, 0.4) is 0 Å². The first-order valence-electron chi connectivity index (χ1n) is 4.22. The average molecular weight is 182 g/mol. The lowest BCUT2D eigenvalue weighted by Gasteiger charge is -2.14. The molecular formula is C8H13F3O. The third-order valence-electron chi connectivity index (χ3n) is 2.19. The maximum absolute atomic E-state index is 12.2. The van der Waals surface area contributed by atoms with Gasteiger partial charge in [-0.05, 0) is 6.42 Å². The van der Waals surface area contributed by atoms with Crippen LogP contribution in [0.15, 0.2) is 0 Å². The minimum atomic E-state index is -4.17. The fourth-order valence-electron chi connectivity index (χ4n) is 1.20. The molecule has 72 valence electrons. The molecule has 0 spiro atoms. The van der Waals surface area contributed by atoms with Crippen molar-refractivity contribution in [2.75, 3.05) is 6.61 Å². The van der Waals surface area contributed by atoms with Crippen LogP contribution in [0.2, 0.25) is 0 Å². The van der Waals surface area contributed by atoms with E-state index in [0.29, 0.717) is 6.42 Å². The van der Waals surface area contributed by atoms with Crippen LogP contribution < -0.4 is 0 Å². The Hall–Kier alpha value is -0.250. The van der Waals surface area contributed by atoms with Gasteiger partial charge >= 0.3 is 6.18 Å². The zero-order chi connectivity index (χ0) is 9.24. The van der Waals surface area contributed by atoms with Crippen molar-refractivity contribution >= 4 is 0 Å². The maximum atomic E-state index is 12.2. The van der Waals surface area contributed by atoms with Gasteiger partial charge in [0.25, 0.3) is 0 Å². The Balaban J connectivity index is 2.30. The number of epoxide rings is 1. The van der Waals surface area contributed by atoms with Gasteiger partial charge in [0.05, 0.1) is 6.61 Å². The highest BCUT2D eigenvalue weighted by Gasteiger charge is 2.64. The molecule has 4 heteroatoms. The van der Waals surface area contributed by atoms with Gasteiger partial charge in [-0.2, -0.15) is 13.2 Å². The van der Waals surface area contributed by atoms with E-state index >= 15 is 0 Å². The first-order chi connectivity index (χ1) is 5.52. The molecule has 0 aromatic heterocycles. The Bertz CT molecular complexity index is 149. The van der Waals surface area contributed by atoms with Gasteiger partial charge in [-0.15, -0.1) is 0 Å². The summed E-state index contributed by atoms with van der Waals surface area (Å²) in [7, 11) is 0. The molecule has 0 aliphatic carbocycles. The van der Waals surface area contributed by atoms with Crippen molar-refractivity contribution in [2.24, 2.45) is 0 Å². The van der Waals surface area contributed by atoms with Crippen molar-refractivity contribution in [1.29, 1.82) is 0 Å². The average Bonchev–Trinajstić information content (AvgIpc) is 2.67. The molecule has 1 fully saturated rings. The van der Waals surface area contributed by atoms with E-state index in [1.165, 1.54) is 0 Å². The Morgan fingerprint density at radius 3 is 2.25 bits per heavy atom. The summed E-state index contributed by atoms with van der Waals surface area (Å²) < 4.78 is 41.1. The molecule has 0 amide bonds. The number of hydrogen-bond donors (Lipinski definition) is 0. The Morgan fingerprint density at radius 2 is 1.92 bits per heavy atom. The smallest absolute Gasteiger partial charge is 0.360 e. The van der Waals surface area contributed by atoms with E-state index in [2.05, 4.69) is 4.74 Å². The van der Waals surface area contributed by atoms with Gasteiger partial charge in [0, 0.05) is 0 Å². The second-order valence-corrected chi connectivity index (χ2v) is 3.24. The highest BCUT2D eigenvalue weighted by Crippen LogP contribution is 2.47. The predicted molar refractivity (Wildman–Crippen MR) is 38.9 cm³/mol. The van der Waals surface area contributed by atoms with Crippen molar-refractivity contribution < 1.29 is 17.9 Å². The molecular weight excluding hydrogens is 169 g/mol. The van der Waals surface area contributed by atoms with E-state index in [1.54, 1.807) is 0 Å². The first kappa shape index (κ1) is 9.84. The molecule has 0 saturated carbocycles. The van der Waals surface area contributed by atoms with Crippen LogP contribution in [0.25, 0.3) is 0 Å². The molecule has 1 unspecified atom stereocenters. The summed E-state index contributed by atoms with van der Waals surface area (Å²) in [5.74, 6) is 0. The first-order valence-corrected chi connectivity index (χ1v) is 4.22. The van der Waals surface area contributed by atoms with Gasteiger partial charge in [0.2, 0.25) is 0 Å². The van der Waals surface area contributed by atoms with Gasteiger partial charge in [0.15, 0.2) is 5.60 Å². The van der Waals surface area contributed by atoms with Crippen molar-refractivity contribution in [2.45, 2.75) is 44.4 Å². The molecule has 0 aromatic rings. The van der Waals surface area contributed by atoms with Crippen LogP contribution in [0, 0.1) is 0 Å². The number of unbranched alkanes of at least 4 members (excludes halogenated alkanes) is 2. The van der Waals surface area contributed by atoms with Gasteiger partial charge in [-0.3, -0.25) is 0 Å². The fourth-order valence-corrected chi connectivity index (χ4v) is 1.20. The number of halogens is 3. The summed E-state index contributed by atoms with van der Waals surface area (Å²) in [5.41, 5.74) is -1.76. The van der Waals surface area contributed by atoms with Gasteiger partial charge < -0.3 is 4.74 Å². The number of alkyl halides is 3. The van der Waals surface area contributed by atoms with Gasteiger partial charge in [0.1, 0.15) is 0 Å². The van der Waals surface area contributed by atoms with Crippen molar-refractivity contribution in [3.8, 4) is 0 Å². The molecule has 0 bridgehead atoms. The largest absolute Gasteiger partial charge is 0.419 e. The Kier molecular flexibility index (Phi) is 2.66. The summed E-state index contributed by atoms with van der Waals surface area (Å²) in [6.07, 6.45) is -1.64. The molecule has 0 aromatic carbocycles. The second kappa shape index (κ2) is 3.24. The predicted octanol–water partition coefficient (Wildman–Crippen LogP) is 2.90. The fraction of sp³-hybridized carbons (Fsp3) is 1.00. The molecule has 1 nitrogen and oxygen atoms in total. The molecule has 0 radical (unpaired) electrons. The lowest BCUT2D eigenvalue weighted by Crippen LogP contribution is -2.32. The van der Waals surface area contributed by atoms with E-state index < -0.39 is 11.8 Å². The minimum Gasteiger partial charge on any atom is -0.360 e. The molecule has 1 atom stereocenters. The van der Waals surface area contributed by atoms with Crippen LogP contribution in [0.5, 0.6) is 0 Å². The third kappa shape index (κ3) is 1.91. The lowest BCUT2D eigenvalue weighted by molar-refractivity contribution is -0.185. The van der Waals surface area contributed by atoms with Crippen LogP contribution in [0.4, 0.5) is 13.2 Å². The van der Waals surface area contributed by atoms with Gasteiger partial charge in [-0.1, -0.05) is 26.2 Å². The SMILES string of the molecule is CCCCCC1(C(F)(F)F)CO1. The lowest BCUT2D eigenvalue weighted by atomic mass is 10.0. The minimum absolute atomic E-state index is 0.129. The van der Waals surface area contributed by atoms with Crippen molar-refractivity contribution in [3.63, 3.8) is 0 Å². The van der Waals surface area contributed by atoms with E-state index in [-0.39, 0.29) is 13.0 Å². The zero-order valence-electron chi connectivity index (χ0n) is 7.08. The molecule has 1 saturated heterocycles. The van der Waals surface area contributed by atoms with E-state index in [9.17, 15) is 13.2 Å². The van der Waals surface area contributed by atoms with E-state index in [4.69, 9.17) is 0 Å². The van der Waals surface area contributed by atoms with E-state index in [1.807, 2.05) is 6.92 Å². The Morgan fingerprint density at radius 1 is 1.33 bits per heavy atom. The van der Waals surface area contributed by atoms with Crippen LogP contribution in [-0.2, 0) is 4.74 Å². The molecule has 1 rings (SSSR count). The molecule has 1 aliphatic heterocycles. The number of rotatable bonds is 4. The topological polar surface area (TPSA) is 12.5 Å². The monoisotopic (exact) mass is 182 g/mol. The third-order valence-corrected chi connectivity index (χ3v) is 2.19. The summed E-state index contributed by atoms with van der Waals surface area (Å²) >= 11 is 0. The van der Waals surface area contributed by atoms with Crippen LogP contribution in [0.1, 0.15) is 32.6 Å². The standard InChI is InChI=1S/C8H13F3O/c1-2-3-4-5-7(6-12-7)8(9,10)11/h2-6H2,1H3. The van der Waals surface area contributed by atoms with Crippen molar-refractivity contribution in [1.82, 2.24) is 0 Å². The van der Waals surface area contributed by atoms with Crippen molar-refractivity contribution in [3.05, 3.63) is 0 Å². The molecule has 12 heavy (non-hydrogen) atoms. The Labute approximate surface area is 69.9 Å². The zero-order valence-corrected chi connectivity index (χ0v) is 7.08. The number of ether oxygens (including phenoxy) is 1. The van der Waals surface area contributed by atoms with Crippen LogP contribution >= 0.6 is 0 Å². The summed E-state index contributed by atoms with van der Waals surface area (Å²) in [6, 6.07) is 0. The normalized spacial score (nSPS) is 29.0. The van der Waals surface area contributed by atoms with Gasteiger partial charge in [-0.25, -0.2) is 0 Å². The summed E-state index contributed by atoms with van der Waals surface area (Å²) in [5, 5.41) is 0. The summed E-state index contributed by atoms with van der Waals surface area (Å²) in [6.45, 7) is 1.83. The quantitative estimate of drug-likeness (QED) is 0.481. The van der Waals surface area contributed by atoms with E-state index in [0.717, 1.165) is 12.8 Å². The maximum Gasteiger partial charge on any atom is 0.419 e. The molecule has 1 heterocycles. The highest BCUT2D eigenvalue weighted by atomic mass is 19.4. The highest BCUT2D eigenvalue weighted by molar-refractivity contribution is 4.98. The number of hydrogen-bond acceptors (Lipinski definition) is 1.